The molecular weight excluding hydrogens is 340 g/mol. The van der Waals surface area contributed by atoms with E-state index in [1.165, 1.54) is 16.8 Å². The lowest BCUT2D eigenvalue weighted by molar-refractivity contribution is 0.574. The zero-order valence-electron chi connectivity index (χ0n) is 10.7. The van der Waals surface area contributed by atoms with Gasteiger partial charge in [-0.3, -0.25) is 0 Å². The average Bonchev–Trinajstić information content (AvgIpc) is 2.82. The summed E-state index contributed by atoms with van der Waals surface area (Å²) in [6.07, 6.45) is 1.56. The van der Waals surface area contributed by atoms with Gasteiger partial charge in [0.1, 0.15) is 17.3 Å². The Bertz CT molecular complexity index is 797. The van der Waals surface area contributed by atoms with E-state index in [9.17, 15) is 8.78 Å². The van der Waals surface area contributed by atoms with E-state index in [-0.39, 0.29) is 5.69 Å². The van der Waals surface area contributed by atoms with Gasteiger partial charge in [-0.15, -0.1) is 0 Å². The molecule has 0 aliphatic rings. The summed E-state index contributed by atoms with van der Waals surface area (Å²) in [4.78, 5) is 0. The van der Waals surface area contributed by atoms with Gasteiger partial charge in [0, 0.05) is 16.1 Å². The number of nitrogens with two attached hydrogens (primary N) is 1. The molecule has 0 atom stereocenters. The average molecular weight is 350 g/mol. The van der Waals surface area contributed by atoms with Crippen molar-refractivity contribution >= 4 is 21.7 Å². The molecule has 2 aromatic carbocycles. The molecule has 21 heavy (non-hydrogen) atoms. The Balaban J connectivity index is 2.09. The van der Waals surface area contributed by atoms with Gasteiger partial charge in [-0.1, -0.05) is 28.1 Å². The predicted octanol–water partition coefficient (Wildman–Crippen LogP) is 4.16. The number of benzene rings is 2. The number of nitrogens with zero attached hydrogens (tertiary/aromatic N) is 2. The fourth-order valence-electron chi connectivity index (χ4n) is 2.05. The van der Waals surface area contributed by atoms with E-state index < -0.39 is 11.6 Å². The van der Waals surface area contributed by atoms with Crippen molar-refractivity contribution in [3.8, 4) is 16.8 Å². The lowest BCUT2D eigenvalue weighted by atomic mass is 10.1. The minimum absolute atomic E-state index is 0.109. The Hall–Kier alpha value is -2.21. The molecule has 0 saturated carbocycles. The van der Waals surface area contributed by atoms with Crippen LogP contribution in [0.3, 0.4) is 0 Å². The van der Waals surface area contributed by atoms with Crippen LogP contribution < -0.4 is 5.73 Å². The maximum Gasteiger partial charge on any atom is 0.151 e. The monoisotopic (exact) mass is 349 g/mol. The van der Waals surface area contributed by atoms with Crippen molar-refractivity contribution in [2.24, 2.45) is 0 Å². The lowest BCUT2D eigenvalue weighted by Crippen LogP contribution is -2.04. The molecular formula is C15H10BrF2N3. The van der Waals surface area contributed by atoms with Crippen molar-refractivity contribution in [1.29, 1.82) is 0 Å². The number of aromatic nitrogens is 2. The summed E-state index contributed by atoms with van der Waals surface area (Å²) >= 11 is 3.36. The third kappa shape index (κ3) is 2.54. The quantitative estimate of drug-likeness (QED) is 0.754. The highest BCUT2D eigenvalue weighted by atomic mass is 79.9. The first kappa shape index (κ1) is 13.8. The third-order valence-electron chi connectivity index (χ3n) is 3.10. The van der Waals surface area contributed by atoms with Crippen LogP contribution >= 0.6 is 15.9 Å². The molecule has 1 heterocycles. The number of anilines is 1. The van der Waals surface area contributed by atoms with Crippen LogP contribution in [0.15, 0.2) is 53.1 Å². The minimum atomic E-state index is -0.716. The van der Waals surface area contributed by atoms with Crippen molar-refractivity contribution < 1.29 is 8.78 Å². The molecule has 0 amide bonds. The predicted molar refractivity (Wildman–Crippen MR) is 81.0 cm³/mol. The van der Waals surface area contributed by atoms with Gasteiger partial charge < -0.3 is 5.73 Å². The highest BCUT2D eigenvalue weighted by Gasteiger charge is 2.14. The molecule has 0 unspecified atom stereocenters. The Morgan fingerprint density at radius 3 is 2.43 bits per heavy atom. The fourth-order valence-corrected chi connectivity index (χ4v) is 2.32. The Morgan fingerprint density at radius 2 is 1.76 bits per heavy atom. The molecule has 0 aliphatic heterocycles. The van der Waals surface area contributed by atoms with E-state index in [4.69, 9.17) is 5.73 Å². The van der Waals surface area contributed by atoms with Crippen molar-refractivity contribution in [2.45, 2.75) is 0 Å². The number of halogens is 3. The van der Waals surface area contributed by atoms with Crippen LogP contribution in [0.25, 0.3) is 16.8 Å². The highest BCUT2D eigenvalue weighted by molar-refractivity contribution is 9.10. The smallest absolute Gasteiger partial charge is 0.151 e. The summed E-state index contributed by atoms with van der Waals surface area (Å²) in [6, 6.07) is 10.8. The summed E-state index contributed by atoms with van der Waals surface area (Å²) in [7, 11) is 0. The summed E-state index contributed by atoms with van der Waals surface area (Å²) in [5.74, 6) is -1.06. The second kappa shape index (κ2) is 5.29. The van der Waals surface area contributed by atoms with E-state index in [0.717, 1.165) is 16.1 Å². The van der Waals surface area contributed by atoms with Crippen molar-refractivity contribution in [3.05, 3.63) is 64.8 Å². The second-order valence-corrected chi connectivity index (χ2v) is 5.37. The molecule has 3 nitrogen and oxygen atoms in total. The van der Waals surface area contributed by atoms with Crippen LogP contribution in [0.1, 0.15) is 0 Å². The molecule has 106 valence electrons. The standard InChI is InChI=1S/C15H10BrF2N3/c16-10-3-1-9(2-4-10)12-8-20-21(15(12)19)14-6-5-11(17)7-13(14)18/h1-8H,19H2. The van der Waals surface area contributed by atoms with Crippen molar-refractivity contribution in [2.75, 3.05) is 5.73 Å². The number of rotatable bonds is 2. The van der Waals surface area contributed by atoms with Crippen LogP contribution in [0.4, 0.5) is 14.6 Å². The van der Waals surface area contributed by atoms with Gasteiger partial charge in [-0.05, 0) is 29.8 Å². The Labute approximate surface area is 128 Å². The minimum Gasteiger partial charge on any atom is -0.383 e. The Morgan fingerprint density at radius 1 is 1.05 bits per heavy atom. The van der Waals surface area contributed by atoms with Crippen LogP contribution in [0.5, 0.6) is 0 Å². The summed E-state index contributed by atoms with van der Waals surface area (Å²) < 4.78 is 29.0. The van der Waals surface area contributed by atoms with Gasteiger partial charge in [0.05, 0.1) is 6.20 Å². The van der Waals surface area contributed by atoms with E-state index >= 15 is 0 Å². The largest absolute Gasteiger partial charge is 0.383 e. The molecule has 0 spiro atoms. The molecule has 1 aromatic heterocycles. The summed E-state index contributed by atoms with van der Waals surface area (Å²) in [5, 5.41) is 4.09. The molecule has 0 saturated heterocycles. The molecule has 0 fully saturated rings. The SMILES string of the molecule is Nc1c(-c2ccc(Br)cc2)cnn1-c1ccc(F)cc1F. The molecule has 3 rings (SSSR count). The fraction of sp³-hybridized carbons (Fsp3) is 0. The molecule has 6 heteroatoms. The molecule has 0 radical (unpaired) electrons. The van der Waals surface area contributed by atoms with Gasteiger partial charge in [-0.2, -0.15) is 5.10 Å². The number of hydrogen-bond donors (Lipinski definition) is 1. The van der Waals surface area contributed by atoms with Crippen LogP contribution in [0.2, 0.25) is 0 Å². The van der Waals surface area contributed by atoms with E-state index in [1.807, 2.05) is 24.3 Å². The van der Waals surface area contributed by atoms with Crippen LogP contribution in [0, 0.1) is 11.6 Å². The maximum atomic E-state index is 13.8. The van der Waals surface area contributed by atoms with Gasteiger partial charge in [-0.25, -0.2) is 13.5 Å². The van der Waals surface area contributed by atoms with Crippen LogP contribution in [-0.4, -0.2) is 9.78 Å². The Kier molecular flexibility index (Phi) is 3.47. The third-order valence-corrected chi connectivity index (χ3v) is 3.63. The first-order valence-electron chi connectivity index (χ1n) is 6.11. The lowest BCUT2D eigenvalue weighted by Gasteiger charge is -2.07. The van der Waals surface area contributed by atoms with E-state index in [2.05, 4.69) is 21.0 Å². The molecule has 0 aliphatic carbocycles. The van der Waals surface area contributed by atoms with E-state index in [0.29, 0.717) is 11.4 Å². The number of hydrogen-bond acceptors (Lipinski definition) is 2. The topological polar surface area (TPSA) is 43.8 Å². The van der Waals surface area contributed by atoms with Gasteiger partial charge in [0.2, 0.25) is 0 Å². The van der Waals surface area contributed by atoms with Crippen LogP contribution in [-0.2, 0) is 0 Å². The molecule has 0 bridgehead atoms. The summed E-state index contributed by atoms with van der Waals surface area (Å²) in [5.41, 5.74) is 7.70. The second-order valence-electron chi connectivity index (χ2n) is 4.46. The molecule has 2 N–H and O–H groups in total. The van der Waals surface area contributed by atoms with Gasteiger partial charge >= 0.3 is 0 Å². The van der Waals surface area contributed by atoms with Gasteiger partial charge in [0.15, 0.2) is 5.82 Å². The first-order chi connectivity index (χ1) is 10.1. The zero-order chi connectivity index (χ0) is 15.0. The highest BCUT2D eigenvalue weighted by Crippen LogP contribution is 2.29. The van der Waals surface area contributed by atoms with Gasteiger partial charge in [0.25, 0.3) is 0 Å². The normalized spacial score (nSPS) is 10.8. The zero-order valence-corrected chi connectivity index (χ0v) is 12.3. The van der Waals surface area contributed by atoms with E-state index in [1.54, 1.807) is 6.20 Å². The maximum absolute atomic E-state index is 13.8. The number of nitrogen functional groups attached to an aromatic ring is 1. The summed E-state index contributed by atoms with van der Waals surface area (Å²) in [6.45, 7) is 0. The first-order valence-corrected chi connectivity index (χ1v) is 6.90. The van der Waals surface area contributed by atoms with Crippen molar-refractivity contribution in [1.82, 2.24) is 9.78 Å². The molecule has 3 aromatic rings. The van der Waals surface area contributed by atoms with Crippen molar-refractivity contribution in [3.63, 3.8) is 0 Å².